The third kappa shape index (κ3) is 3.68. The van der Waals surface area contributed by atoms with Gasteiger partial charge in [-0.1, -0.05) is 49.7 Å². The van der Waals surface area contributed by atoms with Crippen molar-refractivity contribution in [1.82, 2.24) is 4.90 Å². The van der Waals surface area contributed by atoms with Gasteiger partial charge in [-0.25, -0.2) is 4.90 Å². The van der Waals surface area contributed by atoms with Crippen LogP contribution in [-0.2, 0) is 14.3 Å². The highest BCUT2D eigenvalue weighted by Gasteiger charge is 2.42. The van der Waals surface area contributed by atoms with Gasteiger partial charge in [-0.3, -0.25) is 9.59 Å². The average Bonchev–Trinajstić information content (AvgIpc) is 2.99. The number of carbonyl (C=O) groups excluding carboxylic acids is 2. The second kappa shape index (κ2) is 8.01. The van der Waals surface area contributed by atoms with Gasteiger partial charge in [-0.2, -0.15) is 0 Å². The monoisotopic (exact) mass is 410 g/mol. The largest absolute Gasteiger partial charge is 0.378 e. The fourth-order valence-corrected chi connectivity index (χ4v) is 3.84. The van der Waals surface area contributed by atoms with Crippen molar-refractivity contribution >= 4 is 34.7 Å². The van der Waals surface area contributed by atoms with E-state index in [2.05, 4.69) is 13.8 Å². The van der Waals surface area contributed by atoms with E-state index < -0.39 is 0 Å². The number of morpholine rings is 1. The van der Waals surface area contributed by atoms with Gasteiger partial charge in [-0.15, -0.1) is 0 Å². The quantitative estimate of drug-likeness (QED) is 0.712. The van der Waals surface area contributed by atoms with Gasteiger partial charge in [0.15, 0.2) is 0 Å². The van der Waals surface area contributed by atoms with Crippen LogP contribution in [0.3, 0.4) is 0 Å². The third-order valence-corrected chi connectivity index (χ3v) is 5.59. The molecule has 0 radical (unpaired) electrons. The Hall–Kier alpha value is -2.63. The molecule has 0 bridgehead atoms. The first kappa shape index (κ1) is 19.7. The second-order valence-electron chi connectivity index (χ2n) is 7.52. The Kier molecular flexibility index (Phi) is 5.43. The van der Waals surface area contributed by atoms with Crippen molar-refractivity contribution in [2.75, 3.05) is 31.2 Å². The lowest BCUT2D eigenvalue weighted by Gasteiger charge is -2.29. The van der Waals surface area contributed by atoms with Crippen LogP contribution in [-0.4, -0.2) is 43.0 Å². The molecule has 0 N–H and O–H groups in total. The van der Waals surface area contributed by atoms with Crippen LogP contribution in [0.15, 0.2) is 54.2 Å². The summed E-state index contributed by atoms with van der Waals surface area (Å²) in [5.74, 6) is -0.226. The lowest BCUT2D eigenvalue weighted by molar-refractivity contribution is -0.121. The van der Waals surface area contributed by atoms with E-state index in [9.17, 15) is 9.59 Å². The van der Waals surface area contributed by atoms with Crippen molar-refractivity contribution < 1.29 is 14.3 Å². The molecule has 6 heteroatoms. The summed E-state index contributed by atoms with van der Waals surface area (Å²) in [5.41, 5.74) is 3.29. The van der Waals surface area contributed by atoms with E-state index in [0.29, 0.717) is 59.8 Å². The van der Waals surface area contributed by atoms with E-state index >= 15 is 0 Å². The zero-order valence-corrected chi connectivity index (χ0v) is 17.3. The van der Waals surface area contributed by atoms with Crippen LogP contribution >= 0.6 is 11.6 Å². The van der Waals surface area contributed by atoms with Crippen LogP contribution in [0.5, 0.6) is 0 Å². The molecule has 0 aliphatic carbocycles. The van der Waals surface area contributed by atoms with Crippen LogP contribution in [0.4, 0.5) is 5.69 Å². The number of halogens is 1. The number of ether oxygens (including phenoxy) is 1. The number of amides is 2. The van der Waals surface area contributed by atoms with Crippen LogP contribution < -0.4 is 4.90 Å². The van der Waals surface area contributed by atoms with E-state index in [1.54, 1.807) is 24.3 Å². The summed E-state index contributed by atoms with van der Waals surface area (Å²) < 4.78 is 5.43. The molecule has 0 spiro atoms. The van der Waals surface area contributed by atoms with Gasteiger partial charge < -0.3 is 9.64 Å². The van der Waals surface area contributed by atoms with Gasteiger partial charge in [0.1, 0.15) is 5.70 Å². The Morgan fingerprint density at radius 3 is 2.10 bits per heavy atom. The molecule has 2 aromatic carbocycles. The molecule has 1 fully saturated rings. The number of rotatable bonds is 4. The highest BCUT2D eigenvalue weighted by Crippen LogP contribution is 2.35. The molecule has 4 rings (SSSR count). The molecule has 0 unspecified atom stereocenters. The number of imide groups is 1. The SMILES string of the molecule is CC(C)c1ccc(N2C(=O)C(c3ccc(Cl)cc3)=C(N3CCOCC3)C2=O)cc1. The molecular formula is C23H23ClN2O3. The number of nitrogens with zero attached hydrogens (tertiary/aromatic N) is 2. The topological polar surface area (TPSA) is 49.9 Å². The van der Waals surface area contributed by atoms with Crippen LogP contribution in [0.25, 0.3) is 5.57 Å². The van der Waals surface area contributed by atoms with E-state index in [0.717, 1.165) is 5.56 Å². The van der Waals surface area contributed by atoms with E-state index in [1.165, 1.54) is 4.90 Å². The minimum Gasteiger partial charge on any atom is -0.378 e. The maximum absolute atomic E-state index is 13.4. The summed E-state index contributed by atoms with van der Waals surface area (Å²) in [4.78, 5) is 30.1. The molecule has 2 aromatic rings. The van der Waals surface area contributed by atoms with Crippen molar-refractivity contribution in [3.05, 3.63) is 70.4 Å². The normalized spacial score (nSPS) is 17.7. The van der Waals surface area contributed by atoms with Crippen molar-refractivity contribution in [3.8, 4) is 0 Å². The molecule has 2 aliphatic rings. The molecule has 29 heavy (non-hydrogen) atoms. The fraction of sp³-hybridized carbons (Fsp3) is 0.304. The second-order valence-corrected chi connectivity index (χ2v) is 7.96. The number of hydrogen-bond acceptors (Lipinski definition) is 4. The fourth-order valence-electron chi connectivity index (χ4n) is 3.72. The molecular weight excluding hydrogens is 388 g/mol. The Morgan fingerprint density at radius 2 is 1.52 bits per heavy atom. The van der Waals surface area contributed by atoms with Gasteiger partial charge in [0.05, 0.1) is 24.5 Å². The lowest BCUT2D eigenvalue weighted by Crippen LogP contribution is -2.40. The minimum atomic E-state index is -0.309. The number of benzene rings is 2. The highest BCUT2D eigenvalue weighted by molar-refractivity contribution is 6.45. The molecule has 0 aromatic heterocycles. The summed E-state index contributed by atoms with van der Waals surface area (Å²) in [5, 5.41) is 0.583. The van der Waals surface area contributed by atoms with Crippen molar-refractivity contribution in [2.45, 2.75) is 19.8 Å². The highest BCUT2D eigenvalue weighted by atomic mass is 35.5. The third-order valence-electron chi connectivity index (χ3n) is 5.34. The maximum atomic E-state index is 13.4. The number of hydrogen-bond donors (Lipinski definition) is 0. The average molecular weight is 411 g/mol. The maximum Gasteiger partial charge on any atom is 0.282 e. The minimum absolute atomic E-state index is 0.292. The van der Waals surface area contributed by atoms with E-state index in [-0.39, 0.29) is 11.8 Å². The van der Waals surface area contributed by atoms with Crippen molar-refractivity contribution in [2.24, 2.45) is 0 Å². The molecule has 2 aliphatic heterocycles. The molecule has 5 nitrogen and oxygen atoms in total. The first-order chi connectivity index (χ1) is 14.0. The van der Waals surface area contributed by atoms with Gasteiger partial charge in [-0.05, 0) is 41.3 Å². The Bertz CT molecular complexity index is 959. The smallest absolute Gasteiger partial charge is 0.282 e. The zero-order chi connectivity index (χ0) is 20.5. The standard InChI is InChI=1S/C23H23ClN2O3/c1-15(2)16-5-9-19(10-6-16)26-22(27)20(17-3-7-18(24)8-4-17)21(23(26)28)25-11-13-29-14-12-25/h3-10,15H,11-14H2,1-2H3. The van der Waals surface area contributed by atoms with Crippen molar-refractivity contribution in [3.63, 3.8) is 0 Å². The van der Waals surface area contributed by atoms with Crippen LogP contribution in [0.1, 0.15) is 30.9 Å². The van der Waals surface area contributed by atoms with Gasteiger partial charge >= 0.3 is 0 Å². The van der Waals surface area contributed by atoms with Crippen LogP contribution in [0, 0.1) is 0 Å². The van der Waals surface area contributed by atoms with E-state index in [1.807, 2.05) is 29.2 Å². The Morgan fingerprint density at radius 1 is 0.897 bits per heavy atom. The van der Waals surface area contributed by atoms with Crippen LogP contribution in [0.2, 0.25) is 5.02 Å². The van der Waals surface area contributed by atoms with Gasteiger partial charge in [0.25, 0.3) is 11.8 Å². The van der Waals surface area contributed by atoms with E-state index in [4.69, 9.17) is 16.3 Å². The summed E-state index contributed by atoms with van der Waals surface area (Å²) in [6, 6.07) is 14.7. The summed E-state index contributed by atoms with van der Waals surface area (Å²) in [7, 11) is 0. The zero-order valence-electron chi connectivity index (χ0n) is 16.5. The van der Waals surface area contributed by atoms with Gasteiger partial charge in [0.2, 0.25) is 0 Å². The molecule has 150 valence electrons. The lowest BCUT2D eigenvalue weighted by atomic mass is 10.0. The molecule has 0 atom stereocenters. The predicted octanol–water partition coefficient (Wildman–Crippen LogP) is 4.08. The molecule has 2 heterocycles. The summed E-state index contributed by atoms with van der Waals surface area (Å²) in [6.07, 6.45) is 0. The van der Waals surface area contributed by atoms with Crippen molar-refractivity contribution in [1.29, 1.82) is 0 Å². The number of anilines is 1. The first-order valence-corrected chi connectivity index (χ1v) is 10.2. The molecule has 2 amide bonds. The Labute approximate surface area is 175 Å². The molecule has 0 saturated carbocycles. The number of carbonyl (C=O) groups is 2. The first-order valence-electron chi connectivity index (χ1n) is 9.79. The molecule has 1 saturated heterocycles. The predicted molar refractivity (Wildman–Crippen MR) is 114 cm³/mol. The van der Waals surface area contributed by atoms with Gasteiger partial charge in [0, 0.05) is 18.1 Å². The Balaban J connectivity index is 1.77. The summed E-state index contributed by atoms with van der Waals surface area (Å²) in [6.45, 7) is 6.43. The summed E-state index contributed by atoms with van der Waals surface area (Å²) >= 11 is 6.03.